The molecule has 33 heavy (non-hydrogen) atoms. The third kappa shape index (κ3) is 6.66. The fourth-order valence-corrected chi connectivity index (χ4v) is 3.32. The summed E-state index contributed by atoms with van der Waals surface area (Å²) in [6.45, 7) is 2.84. The fourth-order valence-electron chi connectivity index (χ4n) is 3.32. The first kappa shape index (κ1) is 24.0. The number of nitrogens with one attached hydrogen (secondary N) is 1. The Hall–Kier alpha value is -3.65. The summed E-state index contributed by atoms with van der Waals surface area (Å²) < 4.78 is 15.7. The smallest absolute Gasteiger partial charge is 0.276 e. The van der Waals surface area contributed by atoms with Gasteiger partial charge in [0.05, 0.1) is 19.8 Å². The summed E-state index contributed by atoms with van der Waals surface area (Å²) in [5, 5.41) is 6.91. The molecule has 8 nitrogen and oxygen atoms in total. The van der Waals surface area contributed by atoms with Crippen LogP contribution in [0.2, 0.25) is 0 Å². The number of hydrogen-bond donors (Lipinski definition) is 1. The Morgan fingerprint density at radius 2 is 1.79 bits per heavy atom. The Kier molecular flexibility index (Phi) is 8.60. The van der Waals surface area contributed by atoms with E-state index in [1.807, 2.05) is 49.4 Å². The molecule has 0 bridgehead atoms. The highest BCUT2D eigenvalue weighted by atomic mass is 16.5. The zero-order valence-corrected chi connectivity index (χ0v) is 19.1. The van der Waals surface area contributed by atoms with Gasteiger partial charge in [-0.25, -0.2) is 0 Å². The van der Waals surface area contributed by atoms with Crippen LogP contribution in [0.3, 0.4) is 0 Å². The van der Waals surface area contributed by atoms with Crippen LogP contribution in [0.1, 0.15) is 35.4 Å². The Morgan fingerprint density at radius 1 is 1.06 bits per heavy atom. The molecular weight excluding hydrogens is 422 g/mol. The minimum absolute atomic E-state index is 0.121. The number of benzene rings is 2. The average molecular weight is 452 g/mol. The summed E-state index contributed by atoms with van der Waals surface area (Å²) in [6.07, 6.45) is 0.163. The topological polar surface area (TPSA) is 93.9 Å². The second-order valence-corrected chi connectivity index (χ2v) is 7.54. The molecule has 2 amide bonds. The molecule has 0 unspecified atom stereocenters. The summed E-state index contributed by atoms with van der Waals surface area (Å²) in [6, 6.07) is 18.5. The van der Waals surface area contributed by atoms with E-state index in [-0.39, 0.29) is 36.5 Å². The van der Waals surface area contributed by atoms with Crippen LogP contribution >= 0.6 is 0 Å². The highest BCUT2D eigenvalue weighted by Crippen LogP contribution is 2.23. The molecular formula is C25H29N3O5. The van der Waals surface area contributed by atoms with Crippen molar-refractivity contribution in [3.8, 4) is 17.1 Å². The van der Waals surface area contributed by atoms with Gasteiger partial charge in [-0.1, -0.05) is 35.5 Å². The van der Waals surface area contributed by atoms with E-state index in [0.29, 0.717) is 18.9 Å². The fraction of sp³-hybridized carbons (Fsp3) is 0.320. The quantitative estimate of drug-likeness (QED) is 0.478. The lowest BCUT2D eigenvalue weighted by atomic mass is 10.1. The van der Waals surface area contributed by atoms with E-state index in [1.54, 1.807) is 37.3 Å². The zero-order valence-electron chi connectivity index (χ0n) is 19.1. The van der Waals surface area contributed by atoms with Crippen molar-refractivity contribution in [2.45, 2.75) is 19.4 Å². The number of ether oxygens (including phenoxy) is 2. The molecule has 0 aliphatic heterocycles. The van der Waals surface area contributed by atoms with Crippen LogP contribution < -0.4 is 10.1 Å². The van der Waals surface area contributed by atoms with Gasteiger partial charge in [0.15, 0.2) is 11.5 Å². The molecule has 0 saturated heterocycles. The van der Waals surface area contributed by atoms with E-state index in [0.717, 1.165) is 16.9 Å². The maximum Gasteiger partial charge on any atom is 0.276 e. The number of rotatable bonds is 11. The minimum Gasteiger partial charge on any atom is -0.497 e. The van der Waals surface area contributed by atoms with E-state index in [9.17, 15) is 9.59 Å². The van der Waals surface area contributed by atoms with Crippen molar-refractivity contribution in [2.24, 2.45) is 0 Å². The zero-order chi connectivity index (χ0) is 23.6. The van der Waals surface area contributed by atoms with Crippen LogP contribution in [0.4, 0.5) is 0 Å². The van der Waals surface area contributed by atoms with Gasteiger partial charge >= 0.3 is 0 Å². The molecule has 3 rings (SSSR count). The molecule has 1 aromatic heterocycles. The monoisotopic (exact) mass is 451 g/mol. The van der Waals surface area contributed by atoms with E-state index in [1.165, 1.54) is 0 Å². The highest BCUT2D eigenvalue weighted by Gasteiger charge is 2.21. The molecule has 1 heterocycles. The predicted octanol–water partition coefficient (Wildman–Crippen LogP) is 3.71. The van der Waals surface area contributed by atoms with Crippen LogP contribution in [-0.4, -0.2) is 55.8 Å². The van der Waals surface area contributed by atoms with Gasteiger partial charge in [0.1, 0.15) is 5.75 Å². The van der Waals surface area contributed by atoms with Crippen LogP contribution in [0, 0.1) is 0 Å². The molecule has 0 radical (unpaired) electrons. The number of nitrogens with zero attached hydrogens (tertiary/aromatic N) is 2. The lowest BCUT2D eigenvalue weighted by Gasteiger charge is -2.21. The molecule has 1 atom stereocenters. The highest BCUT2D eigenvalue weighted by molar-refractivity contribution is 5.93. The molecule has 8 heteroatoms. The number of aromatic nitrogens is 1. The molecule has 174 valence electrons. The van der Waals surface area contributed by atoms with Crippen LogP contribution in [0.25, 0.3) is 11.3 Å². The lowest BCUT2D eigenvalue weighted by Crippen LogP contribution is -2.38. The molecule has 3 aromatic rings. The molecule has 0 saturated carbocycles. The summed E-state index contributed by atoms with van der Waals surface area (Å²) in [7, 11) is 3.16. The number of hydrogen-bond acceptors (Lipinski definition) is 6. The first-order valence-corrected chi connectivity index (χ1v) is 10.8. The van der Waals surface area contributed by atoms with E-state index in [4.69, 9.17) is 14.0 Å². The van der Waals surface area contributed by atoms with Gasteiger partial charge in [-0.3, -0.25) is 9.59 Å². The molecule has 2 aromatic carbocycles. The van der Waals surface area contributed by atoms with Crippen molar-refractivity contribution in [2.75, 3.05) is 33.9 Å². The average Bonchev–Trinajstić information content (AvgIpc) is 3.34. The van der Waals surface area contributed by atoms with E-state index in [2.05, 4.69) is 10.5 Å². The lowest BCUT2D eigenvalue weighted by molar-refractivity contribution is -0.121. The van der Waals surface area contributed by atoms with Crippen LogP contribution in [0.15, 0.2) is 65.2 Å². The van der Waals surface area contributed by atoms with Crippen LogP contribution in [-0.2, 0) is 9.53 Å². The van der Waals surface area contributed by atoms with Gasteiger partial charge < -0.3 is 24.2 Å². The Labute approximate surface area is 193 Å². The second-order valence-electron chi connectivity index (χ2n) is 7.54. The Bertz CT molecular complexity index is 1030. The molecule has 0 aliphatic carbocycles. The van der Waals surface area contributed by atoms with Crippen molar-refractivity contribution >= 4 is 11.8 Å². The molecule has 0 spiro atoms. The number of carbonyl (C=O) groups is 2. The van der Waals surface area contributed by atoms with Crippen molar-refractivity contribution in [3.63, 3.8) is 0 Å². The van der Waals surface area contributed by atoms with Gasteiger partial charge in [-0.2, -0.15) is 0 Å². The summed E-state index contributed by atoms with van der Waals surface area (Å²) in [4.78, 5) is 27.1. The summed E-state index contributed by atoms with van der Waals surface area (Å²) in [5.41, 5.74) is 1.97. The van der Waals surface area contributed by atoms with Gasteiger partial charge in [0, 0.05) is 38.2 Å². The predicted molar refractivity (Wildman–Crippen MR) is 124 cm³/mol. The number of methoxy groups -OCH3 is 2. The van der Waals surface area contributed by atoms with Crippen LogP contribution in [0.5, 0.6) is 5.75 Å². The van der Waals surface area contributed by atoms with Crippen molar-refractivity contribution in [3.05, 3.63) is 71.9 Å². The van der Waals surface area contributed by atoms with Gasteiger partial charge in [-0.05, 0) is 36.8 Å². The van der Waals surface area contributed by atoms with E-state index < -0.39 is 0 Å². The largest absolute Gasteiger partial charge is 0.497 e. The molecule has 1 N–H and O–H groups in total. The third-order valence-electron chi connectivity index (χ3n) is 5.24. The Balaban J connectivity index is 1.62. The number of amides is 2. The molecule has 0 fully saturated rings. The van der Waals surface area contributed by atoms with Crippen molar-refractivity contribution in [1.29, 1.82) is 0 Å². The normalized spacial score (nSPS) is 11.6. The van der Waals surface area contributed by atoms with Gasteiger partial charge in [-0.15, -0.1) is 0 Å². The second kappa shape index (κ2) is 11.8. The maximum atomic E-state index is 13.0. The van der Waals surface area contributed by atoms with Crippen molar-refractivity contribution < 1.29 is 23.6 Å². The number of carbonyl (C=O) groups excluding carboxylic acids is 2. The van der Waals surface area contributed by atoms with Gasteiger partial charge in [0.2, 0.25) is 5.91 Å². The summed E-state index contributed by atoms with van der Waals surface area (Å²) >= 11 is 0. The Morgan fingerprint density at radius 3 is 2.45 bits per heavy atom. The SMILES string of the molecule is COCCN(CCC(=O)N[C@@H](C)c1ccccc1)C(=O)c1cc(-c2ccc(OC)cc2)on1. The van der Waals surface area contributed by atoms with Crippen molar-refractivity contribution in [1.82, 2.24) is 15.4 Å². The van der Waals surface area contributed by atoms with Gasteiger partial charge in [0.25, 0.3) is 5.91 Å². The molecule has 0 aliphatic rings. The summed E-state index contributed by atoms with van der Waals surface area (Å²) in [5.74, 6) is 0.738. The first-order valence-electron chi connectivity index (χ1n) is 10.8. The maximum absolute atomic E-state index is 13.0. The first-order chi connectivity index (χ1) is 16.0. The third-order valence-corrected chi connectivity index (χ3v) is 5.24. The minimum atomic E-state index is -0.320. The standard InChI is InChI=1S/C25H29N3O5/c1-18(19-7-5-4-6-8-19)26-24(29)13-14-28(15-16-31-2)25(30)22-17-23(33-27-22)20-9-11-21(32-3)12-10-20/h4-12,17-18H,13-16H2,1-3H3,(H,26,29)/t18-/m0/s1. The van der Waals surface area contributed by atoms with E-state index >= 15 is 0 Å².